The van der Waals surface area contributed by atoms with Crippen molar-refractivity contribution in [1.82, 2.24) is 5.23 Å². The van der Waals surface area contributed by atoms with Crippen LogP contribution < -0.4 is 5.23 Å². The van der Waals surface area contributed by atoms with Crippen LogP contribution >= 0.6 is 0 Å². The Hall–Kier alpha value is -1.33. The molecule has 0 spiro atoms. The number of nitrogens with one attached hydrogen (secondary N) is 1. The van der Waals surface area contributed by atoms with Gasteiger partial charge in [0.15, 0.2) is 0 Å². The van der Waals surface area contributed by atoms with Crippen molar-refractivity contribution in [2.75, 3.05) is 0 Å². The first-order chi connectivity index (χ1) is 8.99. The van der Waals surface area contributed by atoms with Crippen LogP contribution in [0.3, 0.4) is 0 Å². The molecule has 2 N–H and O–H groups in total. The highest BCUT2D eigenvalue weighted by Crippen LogP contribution is 2.08. The zero-order valence-corrected chi connectivity index (χ0v) is 11.8. The lowest BCUT2D eigenvalue weighted by atomic mass is 9.86. The van der Waals surface area contributed by atoms with Crippen molar-refractivity contribution in [2.45, 2.75) is 39.7 Å². The summed E-state index contributed by atoms with van der Waals surface area (Å²) in [5, 5.41) is 12.2. The Bertz CT molecular complexity index is 372. The molecule has 1 atom stereocenters. The molecule has 0 saturated heterocycles. The van der Waals surface area contributed by atoms with Crippen molar-refractivity contribution in [3.05, 3.63) is 35.9 Å². The van der Waals surface area contributed by atoms with Crippen LogP contribution in [0, 0.1) is 5.92 Å². The molecule has 0 bridgehead atoms. The van der Waals surface area contributed by atoms with E-state index in [0.29, 0.717) is 12.3 Å². The van der Waals surface area contributed by atoms with E-state index in [9.17, 15) is 9.82 Å². The van der Waals surface area contributed by atoms with Gasteiger partial charge in [-0.1, -0.05) is 44.2 Å². The summed E-state index contributed by atoms with van der Waals surface area (Å²) in [6.07, 6.45) is 0.637. The molecule has 19 heavy (non-hydrogen) atoms. The summed E-state index contributed by atoms with van der Waals surface area (Å²) in [4.78, 5) is 12.0. The summed E-state index contributed by atoms with van der Waals surface area (Å²) in [6, 6.07) is 9.08. The summed E-state index contributed by atoms with van der Waals surface area (Å²) in [5.41, 5.74) is 0.955. The molecule has 0 aliphatic carbocycles. The number of carbonyl (C=O) groups excluding carboxylic acids is 1. The number of benzene rings is 1. The van der Waals surface area contributed by atoms with Crippen molar-refractivity contribution < 1.29 is 14.6 Å². The molecule has 0 aliphatic heterocycles. The zero-order valence-electron chi connectivity index (χ0n) is 11.8. The van der Waals surface area contributed by atoms with Crippen LogP contribution in [-0.2, 0) is 16.1 Å². The molecule has 1 rings (SSSR count). The second-order valence-corrected chi connectivity index (χ2v) is 5.12. The second kappa shape index (κ2) is 7.97. The van der Waals surface area contributed by atoms with Crippen LogP contribution in [0.25, 0.3) is 0 Å². The number of carbonyl (C=O) groups is 1. The van der Waals surface area contributed by atoms with E-state index < -0.39 is 13.1 Å². The summed E-state index contributed by atoms with van der Waals surface area (Å²) >= 11 is 0. The van der Waals surface area contributed by atoms with Gasteiger partial charge >= 0.3 is 13.0 Å². The number of esters is 1. The van der Waals surface area contributed by atoms with E-state index in [4.69, 9.17) is 4.74 Å². The average molecular weight is 263 g/mol. The fourth-order valence-electron chi connectivity index (χ4n) is 1.82. The highest BCUT2D eigenvalue weighted by Gasteiger charge is 2.23. The minimum absolute atomic E-state index is 0.260. The molecular weight excluding hydrogens is 241 g/mol. The number of ether oxygens (including phenoxy) is 1. The normalized spacial score (nSPS) is 12.3. The van der Waals surface area contributed by atoms with Gasteiger partial charge < -0.3 is 15.0 Å². The van der Waals surface area contributed by atoms with Crippen LogP contribution in [0.2, 0.25) is 6.82 Å². The summed E-state index contributed by atoms with van der Waals surface area (Å²) in [7, 11) is -0.729. The Kier molecular flexibility index (Phi) is 6.60. The van der Waals surface area contributed by atoms with E-state index in [0.717, 1.165) is 5.56 Å². The lowest BCUT2D eigenvalue weighted by Gasteiger charge is -2.19. The van der Waals surface area contributed by atoms with E-state index in [1.807, 2.05) is 44.2 Å². The summed E-state index contributed by atoms with van der Waals surface area (Å²) in [6.45, 7) is 5.91. The zero-order chi connectivity index (χ0) is 14.3. The number of hydrogen-bond acceptors (Lipinski definition) is 4. The summed E-state index contributed by atoms with van der Waals surface area (Å²) in [5.74, 6) is 0.0268. The van der Waals surface area contributed by atoms with Crippen LogP contribution in [-0.4, -0.2) is 24.1 Å². The maximum absolute atomic E-state index is 12.0. The monoisotopic (exact) mass is 263 g/mol. The fraction of sp³-hybridized carbons (Fsp3) is 0.500. The standard InChI is InChI=1S/C14H22BNO3/c1-11(2)9-13(16-15(3)18)14(17)19-10-12-7-5-4-6-8-12/h4-8,11,13,16,18H,9-10H2,1-3H3/t13-/m0/s1. The molecular formula is C14H22BNO3. The van der Waals surface area contributed by atoms with Gasteiger partial charge in [-0.3, -0.25) is 4.79 Å². The molecule has 0 saturated carbocycles. The molecule has 4 nitrogen and oxygen atoms in total. The first kappa shape index (κ1) is 15.7. The van der Waals surface area contributed by atoms with Crippen molar-refractivity contribution in [1.29, 1.82) is 0 Å². The number of rotatable bonds is 7. The van der Waals surface area contributed by atoms with Gasteiger partial charge in [0, 0.05) is 0 Å². The first-order valence-electron chi connectivity index (χ1n) is 6.63. The largest absolute Gasteiger partial charge is 0.460 e. The first-order valence-corrected chi connectivity index (χ1v) is 6.63. The molecule has 104 valence electrons. The molecule has 5 heteroatoms. The predicted octanol–water partition coefficient (Wildman–Crippen LogP) is 1.84. The van der Waals surface area contributed by atoms with Gasteiger partial charge in [0.2, 0.25) is 0 Å². The SMILES string of the molecule is CB(O)N[C@@H](CC(C)C)C(=O)OCc1ccccc1. The van der Waals surface area contributed by atoms with E-state index in [-0.39, 0.29) is 12.6 Å². The molecule has 0 fully saturated rings. The quantitative estimate of drug-likeness (QED) is 0.582. The van der Waals surface area contributed by atoms with Gasteiger partial charge in [-0.2, -0.15) is 0 Å². The highest BCUT2D eigenvalue weighted by atomic mass is 16.5. The number of hydrogen-bond donors (Lipinski definition) is 2. The molecule has 0 aliphatic rings. The van der Waals surface area contributed by atoms with Crippen LogP contribution in [0.15, 0.2) is 30.3 Å². The van der Waals surface area contributed by atoms with Crippen molar-refractivity contribution in [3.63, 3.8) is 0 Å². The van der Waals surface area contributed by atoms with Crippen LogP contribution in [0.4, 0.5) is 0 Å². The lowest BCUT2D eigenvalue weighted by molar-refractivity contribution is -0.147. The molecule has 0 radical (unpaired) electrons. The Morgan fingerprint density at radius 1 is 1.37 bits per heavy atom. The van der Waals surface area contributed by atoms with E-state index in [2.05, 4.69) is 5.23 Å². The van der Waals surface area contributed by atoms with E-state index in [1.165, 1.54) is 0 Å². The molecule has 0 amide bonds. The smallest absolute Gasteiger partial charge is 0.374 e. The van der Waals surface area contributed by atoms with Gasteiger partial charge in [0.05, 0.1) is 6.04 Å². The van der Waals surface area contributed by atoms with Crippen molar-refractivity contribution >= 4 is 13.0 Å². The van der Waals surface area contributed by atoms with Crippen LogP contribution in [0.1, 0.15) is 25.8 Å². The van der Waals surface area contributed by atoms with Crippen molar-refractivity contribution in [2.24, 2.45) is 5.92 Å². The minimum Gasteiger partial charge on any atom is -0.460 e. The topological polar surface area (TPSA) is 58.6 Å². The minimum atomic E-state index is -0.729. The molecule has 1 aromatic carbocycles. The Morgan fingerprint density at radius 3 is 2.53 bits per heavy atom. The third kappa shape index (κ3) is 6.41. The van der Waals surface area contributed by atoms with Gasteiger partial charge in [0.25, 0.3) is 0 Å². The maximum atomic E-state index is 12.0. The summed E-state index contributed by atoms with van der Waals surface area (Å²) < 4.78 is 5.28. The van der Waals surface area contributed by atoms with Gasteiger partial charge in [-0.25, -0.2) is 0 Å². The Labute approximate surface area is 115 Å². The van der Waals surface area contributed by atoms with Gasteiger partial charge in [0.1, 0.15) is 6.61 Å². The maximum Gasteiger partial charge on any atom is 0.374 e. The Balaban J connectivity index is 2.51. The fourth-order valence-corrected chi connectivity index (χ4v) is 1.82. The van der Waals surface area contributed by atoms with Gasteiger partial charge in [-0.05, 0) is 24.7 Å². The van der Waals surface area contributed by atoms with Gasteiger partial charge in [-0.15, -0.1) is 0 Å². The van der Waals surface area contributed by atoms with E-state index in [1.54, 1.807) is 6.82 Å². The van der Waals surface area contributed by atoms with E-state index >= 15 is 0 Å². The van der Waals surface area contributed by atoms with Crippen molar-refractivity contribution in [3.8, 4) is 0 Å². The molecule has 0 heterocycles. The van der Waals surface area contributed by atoms with Crippen LogP contribution in [0.5, 0.6) is 0 Å². The third-order valence-corrected chi connectivity index (χ3v) is 2.66. The molecule has 0 aromatic heterocycles. The molecule has 1 aromatic rings. The lowest BCUT2D eigenvalue weighted by Crippen LogP contribution is -2.46. The Morgan fingerprint density at radius 2 is 2.00 bits per heavy atom. The average Bonchev–Trinajstić information content (AvgIpc) is 2.35. The predicted molar refractivity (Wildman–Crippen MR) is 76.5 cm³/mol. The second-order valence-electron chi connectivity index (χ2n) is 5.12. The molecule has 0 unspecified atom stereocenters. The third-order valence-electron chi connectivity index (χ3n) is 2.66. The highest BCUT2D eigenvalue weighted by molar-refractivity contribution is 6.46.